The average molecular weight is 388 g/mol. The number of fused-ring (bicyclic) bond motifs is 2. The molecule has 0 radical (unpaired) electrons. The lowest BCUT2D eigenvalue weighted by molar-refractivity contribution is 0.144. The summed E-state index contributed by atoms with van der Waals surface area (Å²) in [7, 11) is 0. The van der Waals surface area contributed by atoms with Crippen LogP contribution in [0.1, 0.15) is 32.1 Å². The van der Waals surface area contributed by atoms with Crippen LogP contribution in [0, 0.1) is 17.3 Å². The van der Waals surface area contributed by atoms with Crippen LogP contribution in [0.3, 0.4) is 0 Å². The summed E-state index contributed by atoms with van der Waals surface area (Å²) in [5.41, 5.74) is 0.512. The zero-order valence-corrected chi connectivity index (χ0v) is 14.3. The summed E-state index contributed by atoms with van der Waals surface area (Å²) in [5, 5.41) is 1.14. The number of hydrogen-bond donors (Lipinski definition) is 0. The minimum atomic E-state index is 0.512. The van der Waals surface area contributed by atoms with Gasteiger partial charge in [0, 0.05) is 9.80 Å². The third-order valence-electron chi connectivity index (χ3n) is 5.05. The summed E-state index contributed by atoms with van der Waals surface area (Å²) in [6.45, 7) is 0.844. The molecule has 0 saturated heterocycles. The van der Waals surface area contributed by atoms with Gasteiger partial charge in [0.1, 0.15) is 5.75 Å². The normalized spacial score (nSPS) is 32.7. The molecule has 3 unspecified atom stereocenters. The van der Waals surface area contributed by atoms with Gasteiger partial charge >= 0.3 is 0 Å². The van der Waals surface area contributed by atoms with Crippen LogP contribution in [0.2, 0.25) is 0 Å². The molecule has 2 saturated carbocycles. The molecule has 0 aliphatic heterocycles. The number of halogens is 2. The Bertz CT molecular complexity index is 431. The van der Waals surface area contributed by atoms with Crippen molar-refractivity contribution in [3.63, 3.8) is 0 Å². The third-order valence-corrected chi connectivity index (χ3v) is 6.70. The van der Waals surface area contributed by atoms with Crippen molar-refractivity contribution in [3.8, 4) is 5.75 Å². The molecule has 2 aliphatic rings. The van der Waals surface area contributed by atoms with Gasteiger partial charge in [0.15, 0.2) is 0 Å². The van der Waals surface area contributed by atoms with Crippen molar-refractivity contribution in [1.29, 1.82) is 0 Å². The SMILES string of the molecule is BrCC1(CCOc2ccc(Br)cc2)CC2CCC1C2. The first-order valence-electron chi connectivity index (χ1n) is 7.16. The number of hydrogen-bond acceptors (Lipinski definition) is 1. The summed E-state index contributed by atoms with van der Waals surface area (Å²) in [5.74, 6) is 2.91. The first-order chi connectivity index (χ1) is 9.22. The van der Waals surface area contributed by atoms with Crippen LogP contribution >= 0.6 is 31.9 Å². The lowest BCUT2D eigenvalue weighted by Gasteiger charge is -2.36. The van der Waals surface area contributed by atoms with Crippen LogP contribution in [0.25, 0.3) is 0 Å². The molecule has 1 nitrogen and oxygen atoms in total. The highest BCUT2D eigenvalue weighted by atomic mass is 79.9. The van der Waals surface area contributed by atoms with Crippen LogP contribution < -0.4 is 4.74 Å². The molecule has 3 heteroatoms. The van der Waals surface area contributed by atoms with E-state index in [4.69, 9.17) is 4.74 Å². The van der Waals surface area contributed by atoms with E-state index in [1.54, 1.807) is 0 Å². The van der Waals surface area contributed by atoms with Gasteiger partial charge in [-0.1, -0.05) is 38.3 Å². The summed E-state index contributed by atoms with van der Waals surface area (Å²) in [6, 6.07) is 8.14. The molecule has 0 amide bonds. The number of alkyl halides is 1. The Labute approximate surface area is 132 Å². The largest absolute Gasteiger partial charge is 0.494 e. The van der Waals surface area contributed by atoms with E-state index in [2.05, 4.69) is 31.9 Å². The van der Waals surface area contributed by atoms with Crippen molar-refractivity contribution in [1.82, 2.24) is 0 Å². The molecule has 2 aliphatic carbocycles. The van der Waals surface area contributed by atoms with Crippen LogP contribution in [-0.4, -0.2) is 11.9 Å². The molecule has 1 aromatic rings. The molecule has 2 bridgehead atoms. The van der Waals surface area contributed by atoms with Crippen LogP contribution in [0.15, 0.2) is 28.7 Å². The van der Waals surface area contributed by atoms with E-state index in [0.717, 1.165) is 34.0 Å². The van der Waals surface area contributed by atoms with Crippen LogP contribution in [-0.2, 0) is 0 Å². The van der Waals surface area contributed by atoms with Crippen LogP contribution in [0.4, 0.5) is 0 Å². The monoisotopic (exact) mass is 386 g/mol. The highest BCUT2D eigenvalue weighted by Gasteiger charge is 2.49. The van der Waals surface area contributed by atoms with E-state index in [1.165, 1.54) is 32.1 Å². The van der Waals surface area contributed by atoms with Crippen molar-refractivity contribution in [2.45, 2.75) is 32.1 Å². The van der Waals surface area contributed by atoms with Gasteiger partial charge in [-0.05, 0) is 67.2 Å². The van der Waals surface area contributed by atoms with E-state index >= 15 is 0 Å². The fourth-order valence-corrected chi connectivity index (χ4v) is 5.23. The molecule has 0 heterocycles. The molecule has 19 heavy (non-hydrogen) atoms. The topological polar surface area (TPSA) is 9.23 Å². The maximum atomic E-state index is 5.92. The lowest BCUT2D eigenvalue weighted by atomic mass is 9.72. The predicted molar refractivity (Wildman–Crippen MR) is 85.9 cm³/mol. The van der Waals surface area contributed by atoms with Gasteiger partial charge in [-0.3, -0.25) is 0 Å². The van der Waals surface area contributed by atoms with Crippen molar-refractivity contribution >= 4 is 31.9 Å². The van der Waals surface area contributed by atoms with E-state index in [0.29, 0.717) is 5.41 Å². The number of rotatable bonds is 5. The van der Waals surface area contributed by atoms with Crippen molar-refractivity contribution in [3.05, 3.63) is 28.7 Å². The minimum Gasteiger partial charge on any atom is -0.494 e. The van der Waals surface area contributed by atoms with E-state index in [-0.39, 0.29) is 0 Å². The third kappa shape index (κ3) is 2.87. The molecule has 2 fully saturated rings. The average Bonchev–Trinajstić information content (AvgIpc) is 3.02. The Morgan fingerprint density at radius 3 is 2.58 bits per heavy atom. The predicted octanol–water partition coefficient (Wildman–Crippen LogP) is 5.42. The second-order valence-corrected chi connectivity index (χ2v) is 7.60. The molecule has 3 rings (SSSR count). The van der Waals surface area contributed by atoms with Crippen LogP contribution in [0.5, 0.6) is 5.75 Å². The quantitative estimate of drug-likeness (QED) is 0.613. The fraction of sp³-hybridized carbons (Fsp3) is 0.625. The first kappa shape index (κ1) is 13.9. The maximum Gasteiger partial charge on any atom is 0.119 e. The fourth-order valence-electron chi connectivity index (χ4n) is 4.00. The summed E-state index contributed by atoms with van der Waals surface area (Å²) in [4.78, 5) is 0. The summed E-state index contributed by atoms with van der Waals surface area (Å²) in [6.07, 6.45) is 6.97. The van der Waals surface area contributed by atoms with Gasteiger partial charge in [-0.25, -0.2) is 0 Å². The lowest BCUT2D eigenvalue weighted by Crippen LogP contribution is -2.31. The Kier molecular flexibility index (Phi) is 4.23. The Morgan fingerprint density at radius 2 is 2.00 bits per heavy atom. The molecule has 0 aromatic heterocycles. The van der Waals surface area contributed by atoms with Crippen molar-refractivity contribution < 1.29 is 4.74 Å². The molecule has 1 aromatic carbocycles. The Balaban J connectivity index is 1.55. The second kappa shape index (κ2) is 5.77. The molecule has 104 valence electrons. The maximum absolute atomic E-state index is 5.92. The molecule has 0 spiro atoms. The number of ether oxygens (including phenoxy) is 1. The smallest absolute Gasteiger partial charge is 0.119 e. The second-order valence-electron chi connectivity index (χ2n) is 6.13. The highest BCUT2D eigenvalue weighted by Crippen LogP contribution is 2.58. The zero-order valence-electron chi connectivity index (χ0n) is 11.1. The minimum absolute atomic E-state index is 0.512. The van der Waals surface area contributed by atoms with E-state index in [9.17, 15) is 0 Å². The summed E-state index contributed by atoms with van der Waals surface area (Å²) >= 11 is 7.22. The van der Waals surface area contributed by atoms with Gasteiger partial charge in [0.2, 0.25) is 0 Å². The Hall–Kier alpha value is -0.0200. The molecular formula is C16H20Br2O. The van der Waals surface area contributed by atoms with Gasteiger partial charge in [0.25, 0.3) is 0 Å². The van der Waals surface area contributed by atoms with Crippen molar-refractivity contribution in [2.75, 3.05) is 11.9 Å². The molecule has 3 atom stereocenters. The van der Waals surface area contributed by atoms with Gasteiger partial charge in [0.05, 0.1) is 6.61 Å². The standard InChI is InChI=1S/C16H20Br2O/c17-11-16(10-12-1-2-13(16)9-12)7-8-19-15-5-3-14(18)4-6-15/h3-6,12-13H,1-2,7-11H2. The Morgan fingerprint density at radius 1 is 1.21 bits per heavy atom. The zero-order chi connectivity index (χ0) is 13.3. The first-order valence-corrected chi connectivity index (χ1v) is 9.08. The highest BCUT2D eigenvalue weighted by molar-refractivity contribution is 9.10. The number of benzene rings is 1. The molecule has 0 N–H and O–H groups in total. The van der Waals surface area contributed by atoms with E-state index < -0.39 is 0 Å². The van der Waals surface area contributed by atoms with Crippen molar-refractivity contribution in [2.24, 2.45) is 17.3 Å². The van der Waals surface area contributed by atoms with Gasteiger partial charge in [-0.2, -0.15) is 0 Å². The summed E-state index contributed by atoms with van der Waals surface area (Å²) < 4.78 is 7.02. The van der Waals surface area contributed by atoms with Gasteiger partial charge < -0.3 is 4.74 Å². The van der Waals surface area contributed by atoms with E-state index in [1.807, 2.05) is 24.3 Å². The van der Waals surface area contributed by atoms with Gasteiger partial charge in [-0.15, -0.1) is 0 Å². The molecular weight excluding hydrogens is 368 g/mol.